The lowest BCUT2D eigenvalue weighted by Crippen LogP contribution is -2.28. The van der Waals surface area contributed by atoms with E-state index in [-0.39, 0.29) is 6.04 Å². The Bertz CT molecular complexity index is 310. The van der Waals surface area contributed by atoms with Gasteiger partial charge in [0.25, 0.3) is 0 Å². The van der Waals surface area contributed by atoms with E-state index in [4.69, 9.17) is 11.6 Å². The second-order valence-corrected chi connectivity index (χ2v) is 4.14. The van der Waals surface area contributed by atoms with Crippen molar-refractivity contribution < 1.29 is 5.11 Å². The van der Waals surface area contributed by atoms with Crippen molar-refractivity contribution in [1.82, 2.24) is 5.32 Å². The van der Waals surface area contributed by atoms with E-state index in [1.165, 1.54) is 0 Å². The molecule has 14 heavy (non-hydrogen) atoms. The van der Waals surface area contributed by atoms with E-state index in [2.05, 4.69) is 5.32 Å². The van der Waals surface area contributed by atoms with Crippen LogP contribution in [0.1, 0.15) is 24.5 Å². The van der Waals surface area contributed by atoms with Gasteiger partial charge in [0.2, 0.25) is 0 Å². The van der Waals surface area contributed by atoms with Crippen LogP contribution < -0.4 is 5.32 Å². The van der Waals surface area contributed by atoms with Gasteiger partial charge in [-0.15, -0.1) is 0 Å². The van der Waals surface area contributed by atoms with Crippen LogP contribution in [0.4, 0.5) is 0 Å². The minimum atomic E-state index is -0.434. The molecule has 0 bridgehead atoms. The number of rotatable bonds is 2. The lowest BCUT2D eigenvalue weighted by Gasteiger charge is -2.18. The molecule has 2 N–H and O–H groups in total. The molecule has 1 saturated heterocycles. The maximum Gasteiger partial charge on any atom is 0.0943 e. The van der Waals surface area contributed by atoms with Gasteiger partial charge in [0.05, 0.1) is 6.10 Å². The molecule has 0 aromatic heterocycles. The fourth-order valence-corrected chi connectivity index (χ4v) is 2.10. The average molecular weight is 212 g/mol. The van der Waals surface area contributed by atoms with Gasteiger partial charge >= 0.3 is 0 Å². The fraction of sp³-hybridized carbons (Fsp3) is 0.455. The number of nitrogens with one attached hydrogen (secondary N) is 1. The van der Waals surface area contributed by atoms with Crippen molar-refractivity contribution >= 4 is 11.6 Å². The van der Waals surface area contributed by atoms with Crippen molar-refractivity contribution in [3.63, 3.8) is 0 Å². The smallest absolute Gasteiger partial charge is 0.0943 e. The standard InChI is InChI=1S/C11H14ClNO/c12-9-4-1-3-8(7-9)11(14)10-5-2-6-13-10/h1,3-4,7,10-11,13-14H,2,5-6H2. The summed E-state index contributed by atoms with van der Waals surface area (Å²) in [7, 11) is 0. The maximum absolute atomic E-state index is 10.0. The van der Waals surface area contributed by atoms with Crippen LogP contribution >= 0.6 is 11.6 Å². The van der Waals surface area contributed by atoms with Gasteiger partial charge in [-0.3, -0.25) is 0 Å². The van der Waals surface area contributed by atoms with E-state index in [0.717, 1.165) is 24.9 Å². The zero-order valence-electron chi connectivity index (χ0n) is 7.91. The predicted octanol–water partition coefficient (Wildman–Crippen LogP) is 2.13. The Kier molecular flexibility index (Phi) is 3.06. The van der Waals surface area contributed by atoms with Crippen molar-refractivity contribution in [2.75, 3.05) is 6.54 Å². The van der Waals surface area contributed by atoms with Gasteiger partial charge in [0.15, 0.2) is 0 Å². The summed E-state index contributed by atoms with van der Waals surface area (Å²) in [5, 5.41) is 14.0. The van der Waals surface area contributed by atoms with E-state index in [1.54, 1.807) is 0 Å². The van der Waals surface area contributed by atoms with Gasteiger partial charge in [-0.2, -0.15) is 0 Å². The molecule has 1 heterocycles. The lowest BCUT2D eigenvalue weighted by atomic mass is 10.0. The summed E-state index contributed by atoms with van der Waals surface area (Å²) in [6, 6.07) is 7.62. The zero-order chi connectivity index (χ0) is 9.97. The first-order valence-corrected chi connectivity index (χ1v) is 5.32. The van der Waals surface area contributed by atoms with Crippen molar-refractivity contribution in [2.45, 2.75) is 25.0 Å². The number of hydrogen-bond donors (Lipinski definition) is 2. The molecule has 0 aliphatic carbocycles. The van der Waals surface area contributed by atoms with E-state index in [0.29, 0.717) is 5.02 Å². The number of benzene rings is 1. The highest BCUT2D eigenvalue weighted by atomic mass is 35.5. The topological polar surface area (TPSA) is 32.3 Å². The summed E-state index contributed by atoms with van der Waals surface area (Å²) in [6.45, 7) is 1.00. The van der Waals surface area contributed by atoms with Crippen LogP contribution in [-0.4, -0.2) is 17.7 Å². The van der Waals surface area contributed by atoms with Gasteiger partial charge in [0.1, 0.15) is 0 Å². The minimum absolute atomic E-state index is 0.188. The summed E-state index contributed by atoms with van der Waals surface area (Å²) in [4.78, 5) is 0. The average Bonchev–Trinajstić information content (AvgIpc) is 2.69. The molecule has 1 aliphatic heterocycles. The first kappa shape index (κ1) is 9.97. The van der Waals surface area contributed by atoms with Gasteiger partial charge in [-0.05, 0) is 37.1 Å². The van der Waals surface area contributed by atoms with Gasteiger partial charge in [-0.1, -0.05) is 23.7 Å². The molecule has 76 valence electrons. The highest BCUT2D eigenvalue weighted by Crippen LogP contribution is 2.24. The molecule has 2 atom stereocenters. The fourth-order valence-electron chi connectivity index (χ4n) is 1.90. The Morgan fingerprint density at radius 3 is 3.00 bits per heavy atom. The van der Waals surface area contributed by atoms with E-state index < -0.39 is 6.10 Å². The van der Waals surface area contributed by atoms with E-state index >= 15 is 0 Å². The highest BCUT2D eigenvalue weighted by Gasteiger charge is 2.23. The zero-order valence-corrected chi connectivity index (χ0v) is 8.67. The number of aliphatic hydroxyl groups is 1. The van der Waals surface area contributed by atoms with Crippen LogP contribution in [0, 0.1) is 0 Å². The van der Waals surface area contributed by atoms with Gasteiger partial charge in [-0.25, -0.2) is 0 Å². The molecule has 0 saturated carbocycles. The van der Waals surface area contributed by atoms with Crippen LogP contribution in [0.5, 0.6) is 0 Å². The largest absolute Gasteiger partial charge is 0.387 e. The molecule has 2 nitrogen and oxygen atoms in total. The van der Waals surface area contributed by atoms with Gasteiger partial charge in [0, 0.05) is 11.1 Å². The first-order chi connectivity index (χ1) is 6.77. The van der Waals surface area contributed by atoms with E-state index in [1.807, 2.05) is 24.3 Å². The molecule has 1 fully saturated rings. The molecular weight excluding hydrogens is 198 g/mol. The third-order valence-electron chi connectivity index (χ3n) is 2.67. The Morgan fingerprint density at radius 1 is 1.50 bits per heavy atom. The van der Waals surface area contributed by atoms with Crippen LogP contribution in [0.3, 0.4) is 0 Å². The summed E-state index contributed by atoms with van der Waals surface area (Å²) < 4.78 is 0. The molecule has 1 aromatic carbocycles. The molecule has 1 aromatic rings. The third kappa shape index (κ3) is 2.08. The second kappa shape index (κ2) is 4.30. The third-order valence-corrected chi connectivity index (χ3v) is 2.90. The normalized spacial score (nSPS) is 23.7. The Balaban J connectivity index is 2.13. The number of halogens is 1. The molecule has 0 spiro atoms. The molecule has 2 unspecified atom stereocenters. The first-order valence-electron chi connectivity index (χ1n) is 4.94. The van der Waals surface area contributed by atoms with E-state index in [9.17, 15) is 5.11 Å². The Hall–Kier alpha value is -0.570. The van der Waals surface area contributed by atoms with Crippen molar-refractivity contribution in [3.8, 4) is 0 Å². The maximum atomic E-state index is 10.0. The lowest BCUT2D eigenvalue weighted by molar-refractivity contribution is 0.137. The molecule has 2 rings (SSSR count). The summed E-state index contributed by atoms with van der Waals surface area (Å²) in [5.41, 5.74) is 0.900. The quantitative estimate of drug-likeness (QED) is 0.786. The number of aliphatic hydroxyl groups excluding tert-OH is 1. The molecule has 0 amide bonds. The number of hydrogen-bond acceptors (Lipinski definition) is 2. The van der Waals surface area contributed by atoms with Gasteiger partial charge < -0.3 is 10.4 Å². The van der Waals surface area contributed by atoms with Crippen LogP contribution in [-0.2, 0) is 0 Å². The SMILES string of the molecule is OC(c1cccc(Cl)c1)C1CCCN1. The highest BCUT2D eigenvalue weighted by molar-refractivity contribution is 6.30. The van der Waals surface area contributed by atoms with Crippen LogP contribution in [0.25, 0.3) is 0 Å². The summed E-state index contributed by atoms with van der Waals surface area (Å²) in [5.74, 6) is 0. The van der Waals surface area contributed by atoms with Crippen molar-refractivity contribution in [3.05, 3.63) is 34.9 Å². The molecule has 0 radical (unpaired) electrons. The minimum Gasteiger partial charge on any atom is -0.387 e. The van der Waals surface area contributed by atoms with Crippen LogP contribution in [0.15, 0.2) is 24.3 Å². The van der Waals surface area contributed by atoms with Crippen molar-refractivity contribution in [1.29, 1.82) is 0 Å². The molecular formula is C11H14ClNO. The second-order valence-electron chi connectivity index (χ2n) is 3.70. The molecule has 3 heteroatoms. The van der Waals surface area contributed by atoms with Crippen molar-refractivity contribution in [2.24, 2.45) is 0 Å². The Morgan fingerprint density at radius 2 is 2.36 bits per heavy atom. The molecule has 1 aliphatic rings. The summed E-state index contributed by atoms with van der Waals surface area (Å²) in [6.07, 6.45) is 1.74. The predicted molar refractivity (Wildman–Crippen MR) is 57.4 cm³/mol. The van der Waals surface area contributed by atoms with Crippen LogP contribution in [0.2, 0.25) is 5.02 Å². The Labute approximate surface area is 88.9 Å². The summed E-state index contributed by atoms with van der Waals surface area (Å²) >= 11 is 5.86. The monoisotopic (exact) mass is 211 g/mol.